The number of nitrogens with zero attached hydrogens (tertiary/aromatic N) is 2. The van der Waals surface area contributed by atoms with Crippen LogP contribution in [0.3, 0.4) is 0 Å². The number of rotatable bonds is 16. The number of benzene rings is 4. The van der Waals surface area contributed by atoms with Crippen LogP contribution in [0, 0.1) is 12.8 Å². The minimum absolute atomic E-state index is 0.00851. The molecule has 0 spiro atoms. The summed E-state index contributed by atoms with van der Waals surface area (Å²) in [5, 5.41) is 3.01. The van der Waals surface area contributed by atoms with Crippen molar-refractivity contribution in [2.24, 2.45) is 5.92 Å². The van der Waals surface area contributed by atoms with E-state index in [1.54, 1.807) is 55.6 Å². The fraction of sp³-hybridized carbons (Fsp3) is 0.316. The molecule has 9 nitrogen and oxygen atoms in total. The van der Waals surface area contributed by atoms with Gasteiger partial charge in [-0.05, 0) is 79.4 Å². The van der Waals surface area contributed by atoms with Crippen LogP contribution in [-0.2, 0) is 32.6 Å². The summed E-state index contributed by atoms with van der Waals surface area (Å²) in [4.78, 5) is 30.1. The van der Waals surface area contributed by atoms with Gasteiger partial charge in [-0.1, -0.05) is 74.0 Å². The molecule has 0 saturated carbocycles. The fourth-order valence-electron chi connectivity index (χ4n) is 5.19. The summed E-state index contributed by atoms with van der Waals surface area (Å²) in [7, 11) is -2.67. The van der Waals surface area contributed by atoms with Crippen LogP contribution in [-0.4, -0.2) is 58.0 Å². The molecule has 0 fully saturated rings. The summed E-state index contributed by atoms with van der Waals surface area (Å²) in [5.41, 5.74) is 2.86. The van der Waals surface area contributed by atoms with Crippen LogP contribution in [0.25, 0.3) is 0 Å². The maximum Gasteiger partial charge on any atom is 0.264 e. The summed E-state index contributed by atoms with van der Waals surface area (Å²) in [6.07, 6.45) is 0.233. The Bertz CT molecular complexity index is 1740. The highest BCUT2D eigenvalue weighted by molar-refractivity contribution is 7.92. The lowest BCUT2D eigenvalue weighted by Gasteiger charge is -2.34. The summed E-state index contributed by atoms with van der Waals surface area (Å²) >= 11 is 0. The topological polar surface area (TPSA) is 105 Å². The molecule has 0 bridgehead atoms. The average molecular weight is 672 g/mol. The van der Waals surface area contributed by atoms with E-state index in [1.807, 2.05) is 70.2 Å². The van der Waals surface area contributed by atoms with E-state index in [4.69, 9.17) is 9.47 Å². The van der Waals surface area contributed by atoms with E-state index < -0.39 is 28.5 Å². The molecular formula is C38H45N3O6S. The van der Waals surface area contributed by atoms with Crippen LogP contribution in [0.4, 0.5) is 5.69 Å². The Balaban J connectivity index is 1.80. The normalized spacial score (nSPS) is 11.9. The number of sulfonamides is 1. The highest BCUT2D eigenvalue weighted by Gasteiger charge is 2.34. The number of carbonyl (C=O) groups is 2. The lowest BCUT2D eigenvalue weighted by Crippen LogP contribution is -2.53. The van der Waals surface area contributed by atoms with Crippen molar-refractivity contribution in [3.63, 3.8) is 0 Å². The zero-order valence-electron chi connectivity index (χ0n) is 28.3. The van der Waals surface area contributed by atoms with Gasteiger partial charge in [0.15, 0.2) is 0 Å². The third-order valence-electron chi connectivity index (χ3n) is 7.77. The molecule has 4 aromatic carbocycles. The van der Waals surface area contributed by atoms with Gasteiger partial charge >= 0.3 is 0 Å². The van der Waals surface area contributed by atoms with Gasteiger partial charge in [0.1, 0.15) is 24.1 Å². The lowest BCUT2D eigenvalue weighted by atomic mass is 10.0. The number of aryl methyl sites for hydroxylation is 1. The lowest BCUT2D eigenvalue weighted by molar-refractivity contribution is -0.140. The minimum atomic E-state index is -4.23. The first-order valence-electron chi connectivity index (χ1n) is 16.1. The fourth-order valence-corrected chi connectivity index (χ4v) is 6.60. The van der Waals surface area contributed by atoms with E-state index in [-0.39, 0.29) is 29.7 Å². The molecule has 10 heteroatoms. The van der Waals surface area contributed by atoms with Gasteiger partial charge in [-0.25, -0.2) is 8.42 Å². The quantitative estimate of drug-likeness (QED) is 0.157. The second kappa shape index (κ2) is 16.8. The van der Waals surface area contributed by atoms with E-state index >= 15 is 0 Å². The Kier molecular flexibility index (Phi) is 12.6. The number of carbonyl (C=O) groups excluding carboxylic acids is 2. The number of hydrogen-bond donors (Lipinski definition) is 1. The zero-order chi connectivity index (χ0) is 34.7. The first kappa shape index (κ1) is 36.0. The van der Waals surface area contributed by atoms with Crippen molar-refractivity contribution in [1.29, 1.82) is 0 Å². The molecule has 2 amide bonds. The van der Waals surface area contributed by atoms with Gasteiger partial charge in [-0.3, -0.25) is 13.9 Å². The Hall–Kier alpha value is -4.83. The van der Waals surface area contributed by atoms with Gasteiger partial charge in [0.2, 0.25) is 11.8 Å². The third kappa shape index (κ3) is 9.60. The van der Waals surface area contributed by atoms with Crippen molar-refractivity contribution in [2.45, 2.75) is 51.6 Å². The van der Waals surface area contributed by atoms with E-state index in [9.17, 15) is 18.0 Å². The van der Waals surface area contributed by atoms with Crippen molar-refractivity contribution in [1.82, 2.24) is 10.2 Å². The molecule has 0 aliphatic carbocycles. The van der Waals surface area contributed by atoms with Gasteiger partial charge in [-0.15, -0.1) is 0 Å². The summed E-state index contributed by atoms with van der Waals surface area (Å²) in [5.74, 6) is 0.469. The van der Waals surface area contributed by atoms with Crippen molar-refractivity contribution < 1.29 is 27.5 Å². The standard InChI is InChI=1S/C38H45N3O6S/c1-6-47-33-19-21-35(22-20-33)48(44,45)41(32-17-15-29(4)16-18-32)27-37(42)40(26-31-13-10-14-34(23-31)46-5)36(38(43)39-25-28(2)3)24-30-11-8-7-9-12-30/h7-23,28,36H,6,24-27H2,1-5H3,(H,39,43)/t36-/m0/s1. The second-order valence-electron chi connectivity index (χ2n) is 12.0. The number of methoxy groups -OCH3 is 1. The molecule has 0 aromatic heterocycles. The number of anilines is 1. The molecule has 0 radical (unpaired) electrons. The summed E-state index contributed by atoms with van der Waals surface area (Å²) in [6.45, 7) is 8.12. The van der Waals surface area contributed by atoms with Crippen molar-refractivity contribution >= 4 is 27.5 Å². The van der Waals surface area contributed by atoms with Crippen LogP contribution in [0.15, 0.2) is 108 Å². The third-order valence-corrected chi connectivity index (χ3v) is 9.55. The number of ether oxygens (including phenoxy) is 2. The first-order chi connectivity index (χ1) is 23.0. The van der Waals surface area contributed by atoms with Crippen LogP contribution in [0.1, 0.15) is 37.5 Å². The summed E-state index contributed by atoms with van der Waals surface area (Å²) < 4.78 is 40.6. The zero-order valence-corrected chi connectivity index (χ0v) is 29.1. The highest BCUT2D eigenvalue weighted by atomic mass is 32.2. The highest BCUT2D eigenvalue weighted by Crippen LogP contribution is 2.27. The Morgan fingerprint density at radius 2 is 1.50 bits per heavy atom. The predicted molar refractivity (Wildman–Crippen MR) is 189 cm³/mol. The van der Waals surface area contributed by atoms with Crippen molar-refractivity contribution in [3.05, 3.63) is 120 Å². The second-order valence-corrected chi connectivity index (χ2v) is 13.8. The smallest absolute Gasteiger partial charge is 0.264 e. The molecule has 1 N–H and O–H groups in total. The number of hydrogen-bond acceptors (Lipinski definition) is 6. The molecule has 0 aliphatic heterocycles. The molecule has 4 aromatic rings. The molecule has 4 rings (SSSR count). The maximum absolute atomic E-state index is 14.6. The Morgan fingerprint density at radius 1 is 0.833 bits per heavy atom. The molecule has 48 heavy (non-hydrogen) atoms. The van der Waals surface area contributed by atoms with Crippen LogP contribution >= 0.6 is 0 Å². The van der Waals surface area contributed by atoms with Gasteiger partial charge in [0.05, 0.1) is 24.3 Å². The largest absolute Gasteiger partial charge is 0.497 e. The van der Waals surface area contributed by atoms with Crippen LogP contribution in [0.2, 0.25) is 0 Å². The Labute approximate surface area is 284 Å². The molecular weight excluding hydrogens is 627 g/mol. The van der Waals surface area contributed by atoms with Crippen LogP contribution < -0.4 is 19.1 Å². The van der Waals surface area contributed by atoms with Gasteiger partial charge in [-0.2, -0.15) is 0 Å². The minimum Gasteiger partial charge on any atom is -0.497 e. The van der Waals surface area contributed by atoms with Gasteiger partial charge < -0.3 is 19.7 Å². The van der Waals surface area contributed by atoms with Crippen molar-refractivity contribution in [2.75, 3.05) is 31.1 Å². The molecule has 1 atom stereocenters. The van der Waals surface area contributed by atoms with E-state index in [1.165, 1.54) is 17.0 Å². The molecule has 0 heterocycles. The monoisotopic (exact) mass is 671 g/mol. The first-order valence-corrected chi connectivity index (χ1v) is 17.5. The molecule has 0 unspecified atom stereocenters. The van der Waals surface area contributed by atoms with E-state index in [2.05, 4.69) is 5.32 Å². The summed E-state index contributed by atoms with van der Waals surface area (Å²) in [6, 6.07) is 28.9. The molecule has 0 aliphatic rings. The van der Waals surface area contributed by atoms with Crippen LogP contribution in [0.5, 0.6) is 11.5 Å². The van der Waals surface area contributed by atoms with E-state index in [0.717, 1.165) is 21.0 Å². The van der Waals surface area contributed by atoms with E-state index in [0.29, 0.717) is 30.3 Å². The van der Waals surface area contributed by atoms with Crippen molar-refractivity contribution in [3.8, 4) is 11.5 Å². The Morgan fingerprint density at radius 3 is 2.12 bits per heavy atom. The predicted octanol–water partition coefficient (Wildman–Crippen LogP) is 6.01. The maximum atomic E-state index is 14.6. The SMILES string of the molecule is CCOc1ccc(S(=O)(=O)N(CC(=O)N(Cc2cccc(OC)c2)[C@@H](Cc2ccccc2)C(=O)NCC(C)C)c2ccc(C)cc2)cc1. The molecule has 254 valence electrons. The number of nitrogens with one attached hydrogen (secondary N) is 1. The number of amides is 2. The van der Waals surface area contributed by atoms with Gasteiger partial charge in [0.25, 0.3) is 10.0 Å². The average Bonchev–Trinajstić information content (AvgIpc) is 3.09. The molecule has 0 saturated heterocycles. The van der Waals surface area contributed by atoms with Gasteiger partial charge in [0, 0.05) is 19.5 Å².